The molecule has 1 saturated heterocycles. The van der Waals surface area contributed by atoms with Crippen molar-refractivity contribution in [2.45, 2.75) is 39.2 Å². The lowest BCUT2D eigenvalue weighted by atomic mass is 9.99. The molecule has 2 aliphatic heterocycles. The maximum atomic E-state index is 13.0. The molecule has 0 bridgehead atoms. The zero-order chi connectivity index (χ0) is 22.0. The molecule has 1 amide bonds. The first kappa shape index (κ1) is 21.4. The maximum absolute atomic E-state index is 13.0. The fourth-order valence-corrected chi connectivity index (χ4v) is 4.35. The van der Waals surface area contributed by atoms with Crippen molar-refractivity contribution < 1.29 is 9.53 Å². The largest absolute Gasteiger partial charge is 0.497 e. The van der Waals surface area contributed by atoms with Gasteiger partial charge in [0.15, 0.2) is 0 Å². The van der Waals surface area contributed by atoms with Crippen molar-refractivity contribution in [2.24, 2.45) is 5.92 Å². The molecule has 3 heterocycles. The van der Waals surface area contributed by atoms with Crippen molar-refractivity contribution in [2.75, 3.05) is 50.6 Å². The predicted octanol–water partition coefficient (Wildman–Crippen LogP) is 2.91. The Labute approximate surface area is 185 Å². The summed E-state index contributed by atoms with van der Waals surface area (Å²) in [5.74, 6) is 3.48. The number of nitrogens with zero attached hydrogens (tertiary/aromatic N) is 5. The van der Waals surface area contributed by atoms with E-state index in [-0.39, 0.29) is 5.91 Å². The van der Waals surface area contributed by atoms with E-state index < -0.39 is 0 Å². The minimum absolute atomic E-state index is 0.134. The van der Waals surface area contributed by atoms with Crippen LogP contribution < -0.4 is 14.5 Å². The van der Waals surface area contributed by atoms with E-state index in [0.717, 1.165) is 59.8 Å². The Morgan fingerprint density at radius 3 is 2.48 bits per heavy atom. The topological polar surface area (TPSA) is 61.8 Å². The Morgan fingerprint density at radius 1 is 1.13 bits per heavy atom. The predicted molar refractivity (Wildman–Crippen MR) is 123 cm³/mol. The van der Waals surface area contributed by atoms with Crippen LogP contribution in [0.5, 0.6) is 5.75 Å². The molecule has 0 saturated carbocycles. The van der Waals surface area contributed by atoms with Crippen LogP contribution in [-0.2, 0) is 24.2 Å². The Hall–Kier alpha value is -2.83. The number of methoxy groups -OCH3 is 1. The van der Waals surface area contributed by atoms with Crippen molar-refractivity contribution in [1.82, 2.24) is 14.9 Å². The molecule has 0 atom stereocenters. The molecule has 0 N–H and O–H groups in total. The quantitative estimate of drug-likeness (QED) is 0.737. The summed E-state index contributed by atoms with van der Waals surface area (Å²) in [7, 11) is 5.68. The molecular formula is C24H33N5O2. The van der Waals surface area contributed by atoms with E-state index in [1.165, 1.54) is 12.8 Å². The molecule has 31 heavy (non-hydrogen) atoms. The van der Waals surface area contributed by atoms with Crippen LogP contribution in [0.3, 0.4) is 0 Å². The van der Waals surface area contributed by atoms with E-state index in [1.54, 1.807) is 7.11 Å². The first-order valence-corrected chi connectivity index (χ1v) is 11.2. The summed E-state index contributed by atoms with van der Waals surface area (Å²) in [6, 6.07) is 7.70. The minimum Gasteiger partial charge on any atom is -0.497 e. The van der Waals surface area contributed by atoms with Crippen LogP contribution in [-0.4, -0.2) is 61.6 Å². The van der Waals surface area contributed by atoms with Crippen molar-refractivity contribution >= 4 is 17.7 Å². The summed E-state index contributed by atoms with van der Waals surface area (Å²) in [5.41, 5.74) is 3.16. The van der Waals surface area contributed by atoms with Gasteiger partial charge in [0.1, 0.15) is 11.6 Å². The standard InChI is InChI=1S/C24H33N5O2/c1-17-9-12-28(13-10-17)24-25-21-11-14-29(16-20(21)23(26-24)27(2)3)22(30)15-18-5-7-19(31-4)8-6-18/h5-8,17H,9-16H2,1-4H3. The van der Waals surface area contributed by atoms with Gasteiger partial charge in [0.2, 0.25) is 11.9 Å². The fourth-order valence-electron chi connectivity index (χ4n) is 4.35. The van der Waals surface area contributed by atoms with Crippen LogP contribution in [0.4, 0.5) is 11.8 Å². The highest BCUT2D eigenvalue weighted by Crippen LogP contribution is 2.30. The molecule has 2 aliphatic rings. The zero-order valence-electron chi connectivity index (χ0n) is 19.1. The van der Waals surface area contributed by atoms with Crippen molar-refractivity contribution in [1.29, 1.82) is 0 Å². The van der Waals surface area contributed by atoms with Crippen LogP contribution >= 0.6 is 0 Å². The van der Waals surface area contributed by atoms with Gasteiger partial charge in [-0.05, 0) is 36.5 Å². The van der Waals surface area contributed by atoms with Gasteiger partial charge < -0.3 is 19.4 Å². The number of carbonyl (C=O) groups is 1. The summed E-state index contributed by atoms with van der Waals surface area (Å²) in [6.07, 6.45) is 3.53. The second-order valence-electron chi connectivity index (χ2n) is 8.93. The van der Waals surface area contributed by atoms with Crippen LogP contribution in [0.15, 0.2) is 24.3 Å². The third-order valence-electron chi connectivity index (χ3n) is 6.38. The van der Waals surface area contributed by atoms with Crippen molar-refractivity contribution in [3.05, 3.63) is 41.1 Å². The molecule has 0 aliphatic carbocycles. The number of carbonyl (C=O) groups excluding carboxylic acids is 1. The summed E-state index contributed by atoms with van der Waals surface area (Å²) in [4.78, 5) is 29.1. The third kappa shape index (κ3) is 4.75. The van der Waals surface area contributed by atoms with E-state index in [0.29, 0.717) is 19.5 Å². The number of ether oxygens (including phenoxy) is 1. The Bertz CT molecular complexity index is 920. The molecule has 7 heteroatoms. The molecule has 0 radical (unpaired) electrons. The number of anilines is 2. The van der Waals surface area contributed by atoms with Gasteiger partial charge in [-0.2, -0.15) is 4.98 Å². The molecule has 1 aromatic heterocycles. The Morgan fingerprint density at radius 2 is 1.84 bits per heavy atom. The van der Waals surface area contributed by atoms with E-state index in [1.807, 2.05) is 48.2 Å². The Balaban J connectivity index is 1.51. The number of rotatable bonds is 5. The number of hydrogen-bond donors (Lipinski definition) is 0. The second-order valence-corrected chi connectivity index (χ2v) is 8.93. The summed E-state index contributed by atoms with van der Waals surface area (Å²) >= 11 is 0. The monoisotopic (exact) mass is 423 g/mol. The number of piperidine rings is 1. The van der Waals surface area contributed by atoms with E-state index in [9.17, 15) is 4.79 Å². The van der Waals surface area contributed by atoms with Gasteiger partial charge in [-0.15, -0.1) is 0 Å². The fraction of sp³-hybridized carbons (Fsp3) is 0.542. The van der Waals surface area contributed by atoms with E-state index in [4.69, 9.17) is 14.7 Å². The van der Waals surface area contributed by atoms with Crippen molar-refractivity contribution in [3.8, 4) is 5.75 Å². The van der Waals surface area contributed by atoms with Crippen LogP contribution in [0.1, 0.15) is 36.6 Å². The lowest BCUT2D eigenvalue weighted by Gasteiger charge is -2.34. The van der Waals surface area contributed by atoms with Gasteiger partial charge in [-0.3, -0.25) is 4.79 Å². The van der Waals surface area contributed by atoms with Crippen LogP contribution in [0.25, 0.3) is 0 Å². The maximum Gasteiger partial charge on any atom is 0.227 e. The lowest BCUT2D eigenvalue weighted by molar-refractivity contribution is -0.131. The highest BCUT2D eigenvalue weighted by molar-refractivity contribution is 5.79. The van der Waals surface area contributed by atoms with Gasteiger partial charge >= 0.3 is 0 Å². The first-order valence-electron chi connectivity index (χ1n) is 11.2. The zero-order valence-corrected chi connectivity index (χ0v) is 19.1. The molecule has 0 unspecified atom stereocenters. The number of aromatic nitrogens is 2. The normalized spacial score (nSPS) is 16.8. The minimum atomic E-state index is 0.134. The summed E-state index contributed by atoms with van der Waals surface area (Å²) < 4.78 is 5.21. The number of fused-ring (bicyclic) bond motifs is 1. The molecule has 1 fully saturated rings. The van der Waals surface area contributed by atoms with Crippen LogP contribution in [0, 0.1) is 5.92 Å². The third-order valence-corrected chi connectivity index (χ3v) is 6.38. The summed E-state index contributed by atoms with van der Waals surface area (Å²) in [6.45, 7) is 5.60. The Kier molecular flexibility index (Phi) is 6.30. The molecular weight excluding hydrogens is 390 g/mol. The lowest BCUT2D eigenvalue weighted by Crippen LogP contribution is -2.39. The average Bonchev–Trinajstić information content (AvgIpc) is 2.78. The van der Waals surface area contributed by atoms with Gasteiger partial charge in [-0.25, -0.2) is 4.98 Å². The summed E-state index contributed by atoms with van der Waals surface area (Å²) in [5, 5.41) is 0. The average molecular weight is 424 g/mol. The molecule has 1 aromatic carbocycles. The first-order chi connectivity index (χ1) is 14.9. The highest BCUT2D eigenvalue weighted by atomic mass is 16.5. The number of amides is 1. The molecule has 4 rings (SSSR count). The second kappa shape index (κ2) is 9.12. The molecule has 166 valence electrons. The smallest absolute Gasteiger partial charge is 0.227 e. The number of hydrogen-bond acceptors (Lipinski definition) is 6. The van der Waals surface area contributed by atoms with Gasteiger partial charge in [0, 0.05) is 45.7 Å². The van der Waals surface area contributed by atoms with E-state index in [2.05, 4.69) is 11.8 Å². The number of benzene rings is 1. The molecule has 2 aromatic rings. The SMILES string of the molecule is COc1ccc(CC(=O)N2CCc3nc(N4CCC(C)CC4)nc(N(C)C)c3C2)cc1. The molecule has 0 spiro atoms. The van der Waals surface area contributed by atoms with Crippen LogP contribution in [0.2, 0.25) is 0 Å². The van der Waals surface area contributed by atoms with Gasteiger partial charge in [0.25, 0.3) is 0 Å². The van der Waals surface area contributed by atoms with Gasteiger partial charge in [0.05, 0.1) is 25.8 Å². The highest BCUT2D eigenvalue weighted by Gasteiger charge is 2.28. The van der Waals surface area contributed by atoms with Crippen molar-refractivity contribution in [3.63, 3.8) is 0 Å². The van der Waals surface area contributed by atoms with Gasteiger partial charge in [-0.1, -0.05) is 19.1 Å². The molecule has 7 nitrogen and oxygen atoms in total. The van der Waals surface area contributed by atoms with E-state index >= 15 is 0 Å².